The number of hydrogen-bond donors (Lipinski definition) is 1. The first-order valence-electron chi connectivity index (χ1n) is 4.43. The molecule has 1 saturated carbocycles. The highest BCUT2D eigenvalue weighted by Gasteiger charge is 2.23. The summed E-state index contributed by atoms with van der Waals surface area (Å²) in [7, 11) is 0. The fourth-order valence-corrected chi connectivity index (χ4v) is 1.63. The van der Waals surface area contributed by atoms with Gasteiger partial charge in [0, 0.05) is 16.1 Å². The second kappa shape index (κ2) is 3.91. The van der Waals surface area contributed by atoms with E-state index in [-0.39, 0.29) is 5.91 Å². The summed E-state index contributed by atoms with van der Waals surface area (Å²) < 4.78 is 0.752. The lowest BCUT2D eigenvalue weighted by molar-refractivity contribution is 0.0951. The maximum absolute atomic E-state index is 11.6. The van der Waals surface area contributed by atoms with Gasteiger partial charge in [-0.25, -0.2) is 0 Å². The Balaban J connectivity index is 2.14. The Kier molecular flexibility index (Phi) is 2.79. The van der Waals surface area contributed by atoms with E-state index in [1.807, 2.05) is 0 Å². The molecule has 2 nitrogen and oxygen atoms in total. The molecule has 1 aliphatic carbocycles. The van der Waals surface area contributed by atoms with Crippen molar-refractivity contribution in [3.8, 4) is 0 Å². The number of amides is 1. The Labute approximate surface area is 95.8 Å². The molecule has 14 heavy (non-hydrogen) atoms. The number of carbonyl (C=O) groups is 1. The molecule has 1 amide bonds. The van der Waals surface area contributed by atoms with E-state index < -0.39 is 0 Å². The molecule has 1 aromatic rings. The average Bonchev–Trinajstić information content (AvgIpc) is 2.93. The van der Waals surface area contributed by atoms with Crippen LogP contribution in [0, 0.1) is 0 Å². The minimum atomic E-state index is -0.0233. The van der Waals surface area contributed by atoms with Crippen LogP contribution in [0.25, 0.3) is 0 Å². The third kappa shape index (κ3) is 2.28. The molecule has 1 N–H and O–H groups in total. The first-order chi connectivity index (χ1) is 6.66. The van der Waals surface area contributed by atoms with Crippen molar-refractivity contribution < 1.29 is 4.79 Å². The smallest absolute Gasteiger partial charge is 0.251 e. The Morgan fingerprint density at radius 1 is 1.50 bits per heavy atom. The molecular weight excluding hydrogens is 265 g/mol. The zero-order valence-corrected chi connectivity index (χ0v) is 9.73. The molecule has 0 unspecified atom stereocenters. The predicted molar refractivity (Wildman–Crippen MR) is 59.6 cm³/mol. The molecule has 0 aromatic heterocycles. The number of halogens is 2. The summed E-state index contributed by atoms with van der Waals surface area (Å²) in [6, 6.07) is 5.56. The monoisotopic (exact) mass is 273 g/mol. The summed E-state index contributed by atoms with van der Waals surface area (Å²) in [6.07, 6.45) is 2.20. The highest BCUT2D eigenvalue weighted by molar-refractivity contribution is 9.10. The Morgan fingerprint density at radius 2 is 2.21 bits per heavy atom. The summed E-state index contributed by atoms with van der Waals surface area (Å²) >= 11 is 9.11. The van der Waals surface area contributed by atoms with Gasteiger partial charge in [-0.1, -0.05) is 11.6 Å². The van der Waals surface area contributed by atoms with Gasteiger partial charge in [0.05, 0.1) is 5.02 Å². The van der Waals surface area contributed by atoms with Crippen LogP contribution in [-0.4, -0.2) is 11.9 Å². The van der Waals surface area contributed by atoms with E-state index in [1.165, 1.54) is 0 Å². The minimum Gasteiger partial charge on any atom is -0.349 e. The Hall–Kier alpha value is -0.540. The summed E-state index contributed by atoms with van der Waals surface area (Å²) in [6.45, 7) is 0. The van der Waals surface area contributed by atoms with Gasteiger partial charge >= 0.3 is 0 Å². The van der Waals surface area contributed by atoms with Crippen LogP contribution in [0.3, 0.4) is 0 Å². The molecule has 0 aliphatic heterocycles. The van der Waals surface area contributed by atoms with E-state index in [1.54, 1.807) is 18.2 Å². The summed E-state index contributed by atoms with van der Waals surface area (Å²) in [5, 5.41) is 3.53. The van der Waals surface area contributed by atoms with Gasteiger partial charge < -0.3 is 5.32 Å². The fraction of sp³-hybridized carbons (Fsp3) is 0.300. The maximum atomic E-state index is 11.6. The number of carbonyl (C=O) groups excluding carboxylic acids is 1. The van der Waals surface area contributed by atoms with Gasteiger partial charge in [0.25, 0.3) is 5.91 Å². The van der Waals surface area contributed by atoms with E-state index in [0.717, 1.165) is 17.3 Å². The van der Waals surface area contributed by atoms with Crippen LogP contribution in [0.1, 0.15) is 23.2 Å². The highest BCUT2D eigenvalue weighted by Crippen LogP contribution is 2.24. The summed E-state index contributed by atoms with van der Waals surface area (Å²) in [5.41, 5.74) is 0.646. The van der Waals surface area contributed by atoms with Crippen LogP contribution in [0.2, 0.25) is 5.02 Å². The van der Waals surface area contributed by atoms with Crippen LogP contribution in [0.5, 0.6) is 0 Å². The van der Waals surface area contributed by atoms with Crippen molar-refractivity contribution in [2.75, 3.05) is 0 Å². The quantitative estimate of drug-likeness (QED) is 0.882. The molecule has 1 aliphatic rings. The van der Waals surface area contributed by atoms with Crippen LogP contribution < -0.4 is 5.32 Å². The molecule has 0 radical (unpaired) electrons. The third-order valence-electron chi connectivity index (χ3n) is 2.09. The van der Waals surface area contributed by atoms with Crippen molar-refractivity contribution in [1.82, 2.24) is 5.32 Å². The topological polar surface area (TPSA) is 29.1 Å². The lowest BCUT2D eigenvalue weighted by atomic mass is 10.2. The second-order valence-corrected chi connectivity index (χ2v) is 4.64. The largest absolute Gasteiger partial charge is 0.349 e. The first-order valence-corrected chi connectivity index (χ1v) is 5.60. The molecule has 4 heteroatoms. The standard InChI is InChI=1S/C10H9BrClNO/c11-8-5-6(1-4-9(8)12)10(14)13-7-2-3-7/h1,4-5,7H,2-3H2,(H,13,14). The lowest BCUT2D eigenvalue weighted by Crippen LogP contribution is -2.25. The van der Waals surface area contributed by atoms with Crippen molar-refractivity contribution in [3.63, 3.8) is 0 Å². The number of nitrogens with one attached hydrogen (secondary N) is 1. The van der Waals surface area contributed by atoms with Gasteiger partial charge in [-0.15, -0.1) is 0 Å². The van der Waals surface area contributed by atoms with Crippen molar-refractivity contribution >= 4 is 33.4 Å². The molecule has 1 fully saturated rings. The molecule has 0 atom stereocenters. The molecule has 0 bridgehead atoms. The summed E-state index contributed by atoms with van der Waals surface area (Å²) in [5.74, 6) is -0.0233. The average molecular weight is 275 g/mol. The van der Waals surface area contributed by atoms with Crippen LogP contribution in [-0.2, 0) is 0 Å². The molecule has 0 saturated heterocycles. The zero-order chi connectivity index (χ0) is 10.1. The third-order valence-corrected chi connectivity index (χ3v) is 3.31. The first kappa shape index (κ1) is 9.99. The van der Waals surface area contributed by atoms with Crippen molar-refractivity contribution in [2.24, 2.45) is 0 Å². The van der Waals surface area contributed by atoms with E-state index in [2.05, 4.69) is 21.2 Å². The highest BCUT2D eigenvalue weighted by atomic mass is 79.9. The van der Waals surface area contributed by atoms with Gasteiger partial charge in [0.15, 0.2) is 0 Å². The molecule has 0 spiro atoms. The lowest BCUT2D eigenvalue weighted by Gasteiger charge is -2.04. The van der Waals surface area contributed by atoms with Crippen molar-refractivity contribution in [1.29, 1.82) is 0 Å². The Morgan fingerprint density at radius 3 is 2.79 bits per heavy atom. The zero-order valence-electron chi connectivity index (χ0n) is 7.39. The van der Waals surface area contributed by atoms with Crippen molar-refractivity contribution in [3.05, 3.63) is 33.3 Å². The van der Waals surface area contributed by atoms with Gasteiger partial charge in [0.1, 0.15) is 0 Å². The number of hydrogen-bond acceptors (Lipinski definition) is 1. The second-order valence-electron chi connectivity index (χ2n) is 3.38. The fourth-order valence-electron chi connectivity index (χ4n) is 1.13. The predicted octanol–water partition coefficient (Wildman–Crippen LogP) is 2.99. The number of benzene rings is 1. The van der Waals surface area contributed by atoms with Gasteiger partial charge in [-0.05, 0) is 47.0 Å². The van der Waals surface area contributed by atoms with Crippen LogP contribution >= 0.6 is 27.5 Å². The molecule has 2 rings (SSSR count). The maximum Gasteiger partial charge on any atom is 0.251 e. The Bertz CT molecular complexity index is 376. The van der Waals surface area contributed by atoms with Crippen LogP contribution in [0.4, 0.5) is 0 Å². The summed E-state index contributed by atoms with van der Waals surface area (Å²) in [4.78, 5) is 11.6. The molecule has 74 valence electrons. The molecular formula is C10H9BrClNO. The van der Waals surface area contributed by atoms with Crippen LogP contribution in [0.15, 0.2) is 22.7 Å². The van der Waals surface area contributed by atoms with Gasteiger partial charge in [-0.3, -0.25) is 4.79 Å². The van der Waals surface area contributed by atoms with Gasteiger partial charge in [0.2, 0.25) is 0 Å². The number of rotatable bonds is 2. The normalized spacial score (nSPS) is 15.3. The van der Waals surface area contributed by atoms with Crippen molar-refractivity contribution in [2.45, 2.75) is 18.9 Å². The van der Waals surface area contributed by atoms with E-state index in [9.17, 15) is 4.79 Å². The molecule has 1 aromatic carbocycles. The van der Waals surface area contributed by atoms with E-state index in [0.29, 0.717) is 16.6 Å². The van der Waals surface area contributed by atoms with E-state index >= 15 is 0 Å². The van der Waals surface area contributed by atoms with E-state index in [4.69, 9.17) is 11.6 Å². The SMILES string of the molecule is O=C(NC1CC1)c1ccc(Cl)c(Br)c1. The minimum absolute atomic E-state index is 0.0233. The molecule has 0 heterocycles. The van der Waals surface area contributed by atoms with Gasteiger partial charge in [-0.2, -0.15) is 0 Å².